The molecule has 1 fully saturated rings. The van der Waals surface area contributed by atoms with Crippen LogP contribution < -0.4 is 5.32 Å². The maximum Gasteiger partial charge on any atom is 0.0700 e. The van der Waals surface area contributed by atoms with Crippen molar-refractivity contribution in [2.75, 3.05) is 46.6 Å². The Bertz CT molecular complexity index is 232. The monoisotopic (exact) mass is 272 g/mol. The molecule has 1 unspecified atom stereocenters. The molecule has 0 radical (unpaired) electrons. The topological polar surface area (TPSA) is 33.7 Å². The number of nitrogens with zero attached hydrogens (tertiary/aromatic N) is 1. The average Bonchev–Trinajstić information content (AvgIpc) is 2.43. The number of ether oxygens (including phenoxy) is 2. The van der Waals surface area contributed by atoms with E-state index in [1.807, 2.05) is 0 Å². The number of methoxy groups -OCH3 is 1. The first kappa shape index (κ1) is 16.9. The van der Waals surface area contributed by atoms with E-state index >= 15 is 0 Å². The van der Waals surface area contributed by atoms with E-state index < -0.39 is 0 Å². The van der Waals surface area contributed by atoms with Gasteiger partial charge in [-0.25, -0.2) is 0 Å². The highest BCUT2D eigenvalue weighted by Crippen LogP contribution is 2.26. The second-order valence-corrected chi connectivity index (χ2v) is 5.62. The smallest absolute Gasteiger partial charge is 0.0700 e. The van der Waals surface area contributed by atoms with Crippen LogP contribution in [0.2, 0.25) is 0 Å². The van der Waals surface area contributed by atoms with E-state index in [-0.39, 0.29) is 0 Å². The van der Waals surface area contributed by atoms with Gasteiger partial charge in [0.2, 0.25) is 0 Å². The Morgan fingerprint density at radius 2 is 1.95 bits per heavy atom. The van der Waals surface area contributed by atoms with Crippen LogP contribution in [-0.2, 0) is 9.47 Å². The molecule has 0 bridgehead atoms. The van der Waals surface area contributed by atoms with Gasteiger partial charge < -0.3 is 14.8 Å². The van der Waals surface area contributed by atoms with Gasteiger partial charge in [-0.2, -0.15) is 0 Å². The van der Waals surface area contributed by atoms with E-state index in [9.17, 15) is 0 Å². The summed E-state index contributed by atoms with van der Waals surface area (Å²) in [4.78, 5) is 2.67. The lowest BCUT2D eigenvalue weighted by Crippen LogP contribution is -2.63. The molecule has 1 atom stereocenters. The quantitative estimate of drug-likeness (QED) is 0.650. The molecule has 0 aromatic rings. The van der Waals surface area contributed by atoms with E-state index in [0.29, 0.717) is 24.8 Å². The Hall–Kier alpha value is -0.160. The van der Waals surface area contributed by atoms with Crippen LogP contribution in [0.4, 0.5) is 0 Å². The van der Waals surface area contributed by atoms with Gasteiger partial charge in [0, 0.05) is 44.9 Å². The lowest BCUT2D eigenvalue weighted by atomic mass is 9.87. The molecule has 0 amide bonds. The average molecular weight is 272 g/mol. The molecule has 0 spiro atoms. The third-order valence-corrected chi connectivity index (χ3v) is 4.41. The number of rotatable bonds is 9. The van der Waals surface area contributed by atoms with Crippen molar-refractivity contribution in [1.29, 1.82) is 0 Å². The highest BCUT2D eigenvalue weighted by Gasteiger charge is 2.37. The molecule has 4 heteroatoms. The molecule has 1 N–H and O–H groups in total. The van der Waals surface area contributed by atoms with Crippen LogP contribution in [-0.4, -0.2) is 63.0 Å². The lowest BCUT2D eigenvalue weighted by molar-refractivity contribution is 0.0196. The molecule has 114 valence electrons. The van der Waals surface area contributed by atoms with Crippen LogP contribution in [0.25, 0.3) is 0 Å². The Labute approximate surface area is 118 Å². The number of nitrogens with one attached hydrogen (secondary N) is 1. The van der Waals surface area contributed by atoms with Gasteiger partial charge in [-0.05, 0) is 26.2 Å². The van der Waals surface area contributed by atoms with E-state index in [1.165, 1.54) is 12.8 Å². The lowest BCUT2D eigenvalue weighted by Gasteiger charge is -2.49. The fourth-order valence-electron chi connectivity index (χ4n) is 2.94. The van der Waals surface area contributed by atoms with Crippen molar-refractivity contribution in [2.24, 2.45) is 0 Å². The summed E-state index contributed by atoms with van der Waals surface area (Å²) in [6.45, 7) is 12.5. The molecule has 19 heavy (non-hydrogen) atoms. The van der Waals surface area contributed by atoms with Crippen LogP contribution in [0.1, 0.15) is 40.0 Å². The zero-order chi connectivity index (χ0) is 14.1. The summed E-state index contributed by atoms with van der Waals surface area (Å²) in [7, 11) is 1.71. The molecule has 0 saturated carbocycles. The molecular weight excluding hydrogens is 240 g/mol. The van der Waals surface area contributed by atoms with Gasteiger partial charge in [0.15, 0.2) is 0 Å². The summed E-state index contributed by atoms with van der Waals surface area (Å²) in [6.07, 6.45) is 3.54. The largest absolute Gasteiger partial charge is 0.382 e. The molecule has 1 aliphatic rings. The Kier molecular flexibility index (Phi) is 7.91. The Morgan fingerprint density at radius 3 is 2.58 bits per heavy atom. The second kappa shape index (κ2) is 8.90. The van der Waals surface area contributed by atoms with Crippen LogP contribution >= 0.6 is 0 Å². The van der Waals surface area contributed by atoms with Gasteiger partial charge in [-0.1, -0.05) is 13.8 Å². The first-order valence-electron chi connectivity index (χ1n) is 7.73. The summed E-state index contributed by atoms with van der Waals surface area (Å²) in [5, 5.41) is 3.63. The maximum atomic E-state index is 5.56. The number of hydrogen-bond donors (Lipinski definition) is 1. The first-order valence-corrected chi connectivity index (χ1v) is 7.73. The normalized spacial score (nSPS) is 23.7. The Morgan fingerprint density at radius 1 is 1.21 bits per heavy atom. The van der Waals surface area contributed by atoms with Crippen molar-refractivity contribution < 1.29 is 9.47 Å². The van der Waals surface area contributed by atoms with E-state index in [0.717, 1.165) is 32.7 Å². The van der Waals surface area contributed by atoms with Crippen molar-refractivity contribution in [3.63, 3.8) is 0 Å². The minimum Gasteiger partial charge on any atom is -0.382 e. The highest BCUT2D eigenvalue weighted by molar-refractivity contribution is 4.96. The van der Waals surface area contributed by atoms with Gasteiger partial charge in [-0.15, -0.1) is 0 Å². The van der Waals surface area contributed by atoms with E-state index in [1.54, 1.807) is 7.11 Å². The molecule has 1 aliphatic heterocycles. The van der Waals surface area contributed by atoms with Crippen LogP contribution in [0.3, 0.4) is 0 Å². The Balaban J connectivity index is 2.34. The SMILES string of the molecule is CCC1(CC)CNC(C)CN1CCCOCCOC. The molecule has 1 saturated heterocycles. The zero-order valence-corrected chi connectivity index (χ0v) is 13.2. The van der Waals surface area contributed by atoms with Crippen molar-refractivity contribution in [2.45, 2.75) is 51.6 Å². The van der Waals surface area contributed by atoms with Crippen LogP contribution in [0, 0.1) is 0 Å². The van der Waals surface area contributed by atoms with E-state index in [2.05, 4.69) is 31.0 Å². The zero-order valence-electron chi connectivity index (χ0n) is 13.2. The van der Waals surface area contributed by atoms with Crippen molar-refractivity contribution >= 4 is 0 Å². The molecular formula is C15H32N2O2. The third-order valence-electron chi connectivity index (χ3n) is 4.41. The molecule has 0 aromatic heterocycles. The first-order chi connectivity index (χ1) is 9.18. The summed E-state index contributed by atoms with van der Waals surface area (Å²) in [5.74, 6) is 0. The third kappa shape index (κ3) is 5.03. The van der Waals surface area contributed by atoms with Crippen molar-refractivity contribution in [3.05, 3.63) is 0 Å². The molecule has 0 aromatic carbocycles. The fourth-order valence-corrected chi connectivity index (χ4v) is 2.94. The van der Waals surface area contributed by atoms with Gasteiger partial charge in [0.1, 0.15) is 0 Å². The predicted molar refractivity (Wildman–Crippen MR) is 79.7 cm³/mol. The summed E-state index contributed by atoms with van der Waals surface area (Å²) >= 11 is 0. The van der Waals surface area contributed by atoms with Gasteiger partial charge in [0.25, 0.3) is 0 Å². The second-order valence-electron chi connectivity index (χ2n) is 5.62. The van der Waals surface area contributed by atoms with Gasteiger partial charge in [0.05, 0.1) is 13.2 Å². The van der Waals surface area contributed by atoms with Crippen LogP contribution in [0.15, 0.2) is 0 Å². The predicted octanol–water partition coefficient (Wildman–Crippen LogP) is 1.89. The van der Waals surface area contributed by atoms with Crippen molar-refractivity contribution in [3.8, 4) is 0 Å². The summed E-state index contributed by atoms with van der Waals surface area (Å²) < 4.78 is 10.5. The van der Waals surface area contributed by atoms with Crippen LogP contribution in [0.5, 0.6) is 0 Å². The molecule has 1 rings (SSSR count). The fraction of sp³-hybridized carbons (Fsp3) is 1.00. The van der Waals surface area contributed by atoms with Gasteiger partial charge >= 0.3 is 0 Å². The summed E-state index contributed by atoms with van der Waals surface area (Å²) in [6, 6.07) is 0.598. The maximum absolute atomic E-state index is 5.56. The molecule has 1 heterocycles. The standard InChI is InChI=1S/C15H32N2O2/c1-5-15(6-2)13-16-14(3)12-17(15)8-7-9-19-11-10-18-4/h14,16H,5-13H2,1-4H3. The summed E-state index contributed by atoms with van der Waals surface area (Å²) in [5.41, 5.74) is 0.346. The molecule has 4 nitrogen and oxygen atoms in total. The van der Waals surface area contributed by atoms with Gasteiger partial charge in [-0.3, -0.25) is 4.90 Å². The minimum atomic E-state index is 0.346. The van der Waals surface area contributed by atoms with E-state index in [4.69, 9.17) is 9.47 Å². The molecule has 0 aliphatic carbocycles. The highest BCUT2D eigenvalue weighted by atomic mass is 16.5. The number of hydrogen-bond acceptors (Lipinski definition) is 4. The van der Waals surface area contributed by atoms with Crippen molar-refractivity contribution in [1.82, 2.24) is 10.2 Å². The minimum absolute atomic E-state index is 0.346. The number of piperazine rings is 1.